The van der Waals surface area contributed by atoms with E-state index in [4.69, 9.17) is 14.5 Å². The lowest BCUT2D eigenvalue weighted by molar-refractivity contribution is -0.0179. The number of imidazole rings is 1. The third kappa shape index (κ3) is 8.25. The molecule has 0 bridgehead atoms. The highest BCUT2D eigenvalue weighted by Crippen LogP contribution is 2.41. The molecule has 2 N–H and O–H groups in total. The fourth-order valence-electron chi connectivity index (χ4n) is 3.39. The first-order valence-corrected chi connectivity index (χ1v) is 13.3. The maximum absolute atomic E-state index is 12.8. The van der Waals surface area contributed by atoms with Gasteiger partial charge in [0.1, 0.15) is 5.60 Å². The zero-order valence-corrected chi connectivity index (χ0v) is 23.3. The molecule has 1 saturated carbocycles. The van der Waals surface area contributed by atoms with Crippen LogP contribution in [0, 0.1) is 5.92 Å². The molecule has 35 heavy (non-hydrogen) atoms. The number of nitrogens with zero attached hydrogens (tertiary/aromatic N) is 3. The summed E-state index contributed by atoms with van der Waals surface area (Å²) in [5, 5.41) is 7.45. The SMILES string of the molecule is CC(C)(C)OC[C@H](NC(=O)OC(C)(C)C)c1cn2ncc(C(N[S@@](=O)C(C)(C)C)C3CC3)cc2n1. The van der Waals surface area contributed by atoms with E-state index in [1.54, 1.807) is 16.9 Å². The first-order chi connectivity index (χ1) is 16.0. The summed E-state index contributed by atoms with van der Waals surface area (Å²) in [7, 11) is -1.19. The fraction of sp³-hybridized carbons (Fsp3) is 0.720. The number of amides is 1. The molecular weight excluding hydrogens is 466 g/mol. The van der Waals surface area contributed by atoms with Gasteiger partial charge in [0.25, 0.3) is 0 Å². The number of fused-ring (bicyclic) bond motifs is 1. The average molecular weight is 508 g/mol. The molecule has 0 aliphatic heterocycles. The molecule has 2 heterocycles. The molecule has 1 aliphatic rings. The molecule has 0 aromatic carbocycles. The highest BCUT2D eigenvalue weighted by atomic mass is 32.2. The number of aromatic nitrogens is 3. The maximum atomic E-state index is 12.8. The van der Waals surface area contributed by atoms with Gasteiger partial charge in [0.15, 0.2) is 5.65 Å². The van der Waals surface area contributed by atoms with Gasteiger partial charge in [-0.3, -0.25) is 0 Å². The van der Waals surface area contributed by atoms with Crippen LogP contribution in [0.4, 0.5) is 4.79 Å². The van der Waals surface area contributed by atoms with Crippen LogP contribution in [0.2, 0.25) is 0 Å². The van der Waals surface area contributed by atoms with Crippen molar-refractivity contribution in [3.05, 3.63) is 29.7 Å². The van der Waals surface area contributed by atoms with Crippen LogP contribution in [0.25, 0.3) is 5.65 Å². The Labute approximate surface area is 211 Å². The van der Waals surface area contributed by atoms with Crippen molar-refractivity contribution in [3.8, 4) is 0 Å². The minimum Gasteiger partial charge on any atom is -0.444 e. The molecule has 10 heteroatoms. The van der Waals surface area contributed by atoms with Crippen LogP contribution in [-0.2, 0) is 20.5 Å². The van der Waals surface area contributed by atoms with Gasteiger partial charge in [-0.1, -0.05) is 0 Å². The van der Waals surface area contributed by atoms with Gasteiger partial charge < -0.3 is 14.8 Å². The summed E-state index contributed by atoms with van der Waals surface area (Å²) in [6.07, 6.45) is 5.25. The second kappa shape index (κ2) is 10.1. The van der Waals surface area contributed by atoms with Crippen LogP contribution in [0.5, 0.6) is 0 Å². The van der Waals surface area contributed by atoms with E-state index >= 15 is 0 Å². The van der Waals surface area contributed by atoms with Gasteiger partial charge in [0.2, 0.25) is 0 Å². The molecule has 2 aromatic rings. The van der Waals surface area contributed by atoms with Crippen molar-refractivity contribution >= 4 is 22.7 Å². The first kappa shape index (κ1) is 27.5. The number of hydrogen-bond acceptors (Lipinski definition) is 6. The van der Waals surface area contributed by atoms with E-state index < -0.39 is 28.7 Å². The molecule has 3 atom stereocenters. The zero-order valence-electron chi connectivity index (χ0n) is 22.5. The summed E-state index contributed by atoms with van der Waals surface area (Å²) in [5.41, 5.74) is 1.23. The molecule has 0 radical (unpaired) electrons. The van der Waals surface area contributed by atoms with E-state index in [2.05, 4.69) is 15.1 Å². The highest BCUT2D eigenvalue weighted by Gasteiger charge is 2.36. The van der Waals surface area contributed by atoms with Gasteiger partial charge in [0, 0.05) is 6.04 Å². The van der Waals surface area contributed by atoms with Crippen molar-refractivity contribution in [2.45, 2.75) is 103 Å². The molecule has 3 rings (SSSR count). The number of rotatable bonds is 8. The zero-order chi connectivity index (χ0) is 26.2. The second-order valence-corrected chi connectivity index (χ2v) is 14.2. The average Bonchev–Trinajstić information content (AvgIpc) is 3.44. The number of hydrogen-bond donors (Lipinski definition) is 2. The number of carbonyl (C=O) groups is 1. The lowest BCUT2D eigenvalue weighted by atomic mass is 10.1. The molecule has 2 aromatic heterocycles. The van der Waals surface area contributed by atoms with Gasteiger partial charge >= 0.3 is 6.09 Å². The van der Waals surface area contributed by atoms with Crippen molar-refractivity contribution < 1.29 is 18.5 Å². The first-order valence-electron chi connectivity index (χ1n) is 12.2. The fourth-order valence-corrected chi connectivity index (χ4v) is 4.30. The van der Waals surface area contributed by atoms with Gasteiger partial charge in [-0.05, 0) is 92.7 Å². The predicted molar refractivity (Wildman–Crippen MR) is 137 cm³/mol. The Balaban J connectivity index is 1.87. The van der Waals surface area contributed by atoms with Crippen LogP contribution in [0.1, 0.15) is 98.5 Å². The summed E-state index contributed by atoms with van der Waals surface area (Å²) < 4.78 is 28.8. The Kier molecular flexibility index (Phi) is 7.98. The summed E-state index contributed by atoms with van der Waals surface area (Å²) >= 11 is 0. The lowest BCUT2D eigenvalue weighted by Crippen LogP contribution is -2.38. The Morgan fingerprint density at radius 3 is 2.34 bits per heavy atom. The second-order valence-electron chi connectivity index (χ2n) is 12.2. The van der Waals surface area contributed by atoms with Crippen molar-refractivity contribution in [2.24, 2.45) is 5.92 Å². The lowest BCUT2D eigenvalue weighted by Gasteiger charge is -2.26. The Hall–Kier alpha value is -2.04. The van der Waals surface area contributed by atoms with E-state index in [1.165, 1.54) is 0 Å². The summed E-state index contributed by atoms with van der Waals surface area (Å²) in [4.78, 5) is 17.3. The predicted octanol–water partition coefficient (Wildman–Crippen LogP) is 4.61. The molecule has 0 saturated heterocycles. The summed E-state index contributed by atoms with van der Waals surface area (Å²) in [5.74, 6) is 0.432. The van der Waals surface area contributed by atoms with E-state index in [-0.39, 0.29) is 23.0 Å². The summed E-state index contributed by atoms with van der Waals surface area (Å²) in [6, 6.07) is 1.41. The number of alkyl carbamates (subject to hydrolysis) is 1. The molecule has 9 nitrogen and oxygen atoms in total. The van der Waals surface area contributed by atoms with Gasteiger partial charge in [-0.2, -0.15) is 5.10 Å². The number of ether oxygens (including phenoxy) is 2. The third-order valence-corrected chi connectivity index (χ3v) is 6.91. The minimum atomic E-state index is -1.19. The van der Waals surface area contributed by atoms with Crippen LogP contribution in [-0.4, -0.2) is 47.5 Å². The molecule has 196 valence electrons. The van der Waals surface area contributed by atoms with E-state index in [9.17, 15) is 9.00 Å². The topological polar surface area (TPSA) is 107 Å². The van der Waals surface area contributed by atoms with Gasteiger partial charge in [-0.25, -0.2) is 23.2 Å². The normalized spacial score (nSPS) is 17.7. The monoisotopic (exact) mass is 507 g/mol. The molecule has 1 amide bonds. The molecule has 1 aliphatic carbocycles. The smallest absolute Gasteiger partial charge is 0.408 e. The van der Waals surface area contributed by atoms with Gasteiger partial charge in [-0.15, -0.1) is 0 Å². The van der Waals surface area contributed by atoms with Crippen LogP contribution >= 0.6 is 0 Å². The molecule has 1 unspecified atom stereocenters. The van der Waals surface area contributed by atoms with Crippen molar-refractivity contribution in [2.75, 3.05) is 6.61 Å². The Morgan fingerprint density at radius 2 is 1.80 bits per heavy atom. The Morgan fingerprint density at radius 1 is 1.14 bits per heavy atom. The largest absolute Gasteiger partial charge is 0.444 e. The van der Waals surface area contributed by atoms with E-state index in [1.807, 2.05) is 68.4 Å². The van der Waals surface area contributed by atoms with Crippen LogP contribution < -0.4 is 10.0 Å². The van der Waals surface area contributed by atoms with Crippen LogP contribution in [0.15, 0.2) is 18.5 Å². The van der Waals surface area contributed by atoms with Crippen molar-refractivity contribution in [1.82, 2.24) is 24.6 Å². The highest BCUT2D eigenvalue weighted by molar-refractivity contribution is 7.84. The molecule has 0 spiro atoms. The van der Waals surface area contributed by atoms with Crippen molar-refractivity contribution in [3.63, 3.8) is 0 Å². The Bertz CT molecular complexity index is 1060. The van der Waals surface area contributed by atoms with Gasteiger partial charge in [0.05, 0.1) is 52.1 Å². The van der Waals surface area contributed by atoms with Crippen LogP contribution in [0.3, 0.4) is 0 Å². The third-order valence-electron chi connectivity index (χ3n) is 5.33. The molecular formula is C25H41N5O4S. The molecule has 1 fully saturated rings. The quantitative estimate of drug-likeness (QED) is 0.540. The maximum Gasteiger partial charge on any atom is 0.408 e. The number of carbonyl (C=O) groups excluding carboxylic acids is 1. The summed E-state index contributed by atoms with van der Waals surface area (Å²) in [6.45, 7) is 17.4. The number of nitrogens with one attached hydrogen (secondary N) is 2. The minimum absolute atomic E-state index is 0.0485. The van der Waals surface area contributed by atoms with E-state index in [0.717, 1.165) is 18.4 Å². The van der Waals surface area contributed by atoms with Crippen molar-refractivity contribution in [1.29, 1.82) is 0 Å². The standard InChI is InChI=1S/C25H41N5O4S/c1-23(2,3)33-15-19(28-22(31)34-24(4,5)6)18-14-30-20(27-18)12-17(13-26-30)21(16-10-11-16)29-35(32)25(7,8)9/h12-14,16,19,21,29H,10-11,15H2,1-9H3,(H,28,31)/t19-,21?,35-/m0/s1. The van der Waals surface area contributed by atoms with E-state index in [0.29, 0.717) is 17.3 Å².